The predicted octanol–water partition coefficient (Wildman–Crippen LogP) is 0.173. The number of halogens is 3. The molecule has 2 atom stereocenters. The van der Waals surface area contributed by atoms with Crippen LogP contribution in [0.4, 0.5) is 13.2 Å². The Bertz CT molecular complexity index is 306. The summed E-state index contributed by atoms with van der Waals surface area (Å²) in [5.74, 6) is -0.750. The summed E-state index contributed by atoms with van der Waals surface area (Å²) in [5.41, 5.74) is 4.84. The minimum absolute atomic E-state index is 0.469. The summed E-state index contributed by atoms with van der Waals surface area (Å²) in [7, 11) is 0. The summed E-state index contributed by atoms with van der Waals surface area (Å²) in [6.45, 7) is -0.0863. The lowest BCUT2D eigenvalue weighted by molar-refractivity contribution is -0.187. The van der Waals surface area contributed by atoms with Crippen molar-refractivity contribution in [2.75, 3.05) is 18.2 Å². The summed E-state index contributed by atoms with van der Waals surface area (Å²) in [4.78, 5) is 20.5. The van der Waals surface area contributed by atoms with E-state index >= 15 is 0 Å². The molecule has 0 aromatic carbocycles. The first-order valence-corrected chi connectivity index (χ1v) is 6.32. The molecule has 4 N–H and O–H groups in total. The van der Waals surface area contributed by atoms with Crippen molar-refractivity contribution in [3.05, 3.63) is 0 Å². The molecule has 1 saturated heterocycles. The van der Waals surface area contributed by atoms with Crippen LogP contribution in [0.3, 0.4) is 0 Å². The molecule has 0 saturated carbocycles. The number of esters is 1. The average Bonchev–Trinajstić information content (AvgIpc) is 2.79. The van der Waals surface area contributed by atoms with Crippen LogP contribution in [-0.4, -0.2) is 53.5 Å². The van der Waals surface area contributed by atoms with E-state index in [0.29, 0.717) is 11.6 Å². The van der Waals surface area contributed by atoms with Gasteiger partial charge in [0.1, 0.15) is 12.1 Å². The van der Waals surface area contributed by atoms with Crippen LogP contribution >= 0.6 is 11.8 Å². The number of alkyl halides is 3. The largest absolute Gasteiger partial charge is 0.480 e. The van der Waals surface area contributed by atoms with Crippen molar-refractivity contribution >= 4 is 23.7 Å². The van der Waals surface area contributed by atoms with Crippen molar-refractivity contribution in [1.82, 2.24) is 5.32 Å². The summed E-state index contributed by atoms with van der Waals surface area (Å²) in [5, 5.41) is 10.6. The number of ether oxygens (including phenoxy) is 1. The van der Waals surface area contributed by atoms with Crippen LogP contribution in [0.5, 0.6) is 0 Å². The second kappa shape index (κ2) is 8.23. The monoisotopic (exact) mass is 304 g/mol. The van der Waals surface area contributed by atoms with Gasteiger partial charge in [-0.1, -0.05) is 0 Å². The van der Waals surface area contributed by atoms with Crippen molar-refractivity contribution in [3.8, 4) is 0 Å². The first kappa shape index (κ1) is 18.0. The van der Waals surface area contributed by atoms with Crippen LogP contribution in [0.15, 0.2) is 0 Å². The van der Waals surface area contributed by atoms with E-state index in [0.717, 1.165) is 0 Å². The molecule has 1 aliphatic rings. The van der Waals surface area contributed by atoms with Gasteiger partial charge in [0.15, 0.2) is 6.61 Å². The summed E-state index contributed by atoms with van der Waals surface area (Å²) in [6, 6.07) is -1.32. The quantitative estimate of drug-likeness (QED) is 0.639. The van der Waals surface area contributed by atoms with E-state index in [9.17, 15) is 22.8 Å². The highest BCUT2D eigenvalue weighted by Gasteiger charge is 2.32. The number of hydrogen-bond donors (Lipinski definition) is 3. The number of hydrogen-bond acceptors (Lipinski definition) is 6. The molecule has 1 heterocycles. The van der Waals surface area contributed by atoms with Gasteiger partial charge < -0.3 is 15.6 Å². The van der Waals surface area contributed by atoms with Crippen molar-refractivity contribution in [1.29, 1.82) is 0 Å². The Morgan fingerprint density at radius 1 is 1.58 bits per heavy atom. The second-order valence-electron chi connectivity index (χ2n) is 3.62. The highest BCUT2D eigenvalue weighted by molar-refractivity contribution is 7.99. The second-order valence-corrected chi connectivity index (χ2v) is 4.65. The van der Waals surface area contributed by atoms with Crippen LogP contribution in [0.25, 0.3) is 0 Å². The van der Waals surface area contributed by atoms with E-state index in [1.54, 1.807) is 0 Å². The number of nitrogens with one attached hydrogen (secondary N) is 1. The van der Waals surface area contributed by atoms with Gasteiger partial charge >= 0.3 is 18.1 Å². The Labute approximate surface area is 111 Å². The maximum atomic E-state index is 11.6. The van der Waals surface area contributed by atoms with Crippen LogP contribution in [0, 0.1) is 0 Å². The van der Waals surface area contributed by atoms with E-state index in [4.69, 9.17) is 10.8 Å². The lowest BCUT2D eigenvalue weighted by Crippen LogP contribution is -2.36. The van der Waals surface area contributed by atoms with Crippen LogP contribution in [0.2, 0.25) is 0 Å². The van der Waals surface area contributed by atoms with Gasteiger partial charge in [0.25, 0.3) is 0 Å². The minimum atomic E-state index is -4.44. The molecule has 1 rings (SSSR count). The van der Waals surface area contributed by atoms with E-state index in [2.05, 4.69) is 10.1 Å². The SMILES string of the molecule is C[C@H](N)C(=O)O.O=C(OCC(F)(F)F)[C@@H]1CSCN1. The number of rotatable bonds is 3. The molecule has 0 spiro atoms. The van der Waals surface area contributed by atoms with Crippen molar-refractivity contribution in [2.24, 2.45) is 5.73 Å². The smallest absolute Gasteiger partial charge is 0.422 e. The first-order chi connectivity index (χ1) is 8.63. The van der Waals surface area contributed by atoms with Gasteiger partial charge in [0.2, 0.25) is 0 Å². The third-order valence-electron chi connectivity index (χ3n) is 1.77. The van der Waals surface area contributed by atoms with Gasteiger partial charge in [-0.2, -0.15) is 13.2 Å². The fraction of sp³-hybridized carbons (Fsp3) is 0.778. The number of carbonyl (C=O) groups excluding carboxylic acids is 1. The molecule has 0 aromatic heterocycles. The fourth-order valence-electron chi connectivity index (χ4n) is 0.800. The number of nitrogens with two attached hydrogens (primary N) is 1. The molecule has 0 radical (unpaired) electrons. The van der Waals surface area contributed by atoms with E-state index in [1.807, 2.05) is 0 Å². The normalized spacial score (nSPS) is 20.2. The van der Waals surface area contributed by atoms with Crippen molar-refractivity contribution < 1.29 is 32.6 Å². The molecule has 1 fully saturated rings. The molecule has 112 valence electrons. The standard InChI is InChI=1S/C6H8F3NO2S.C3H7NO2/c7-6(8,9)2-12-5(11)4-1-13-3-10-4;1-2(4)3(5)6/h4,10H,1-3H2;2H,4H2,1H3,(H,5,6)/t4-;2-/m00/s1. The van der Waals surface area contributed by atoms with Gasteiger partial charge in [-0.3, -0.25) is 14.9 Å². The Morgan fingerprint density at radius 2 is 2.11 bits per heavy atom. The van der Waals surface area contributed by atoms with E-state index < -0.39 is 36.8 Å². The molecule has 10 heteroatoms. The number of carbonyl (C=O) groups is 2. The van der Waals surface area contributed by atoms with Crippen LogP contribution in [-0.2, 0) is 14.3 Å². The van der Waals surface area contributed by atoms with Gasteiger partial charge in [0.05, 0.1) is 0 Å². The Morgan fingerprint density at radius 3 is 2.42 bits per heavy atom. The molecule has 0 bridgehead atoms. The molecule has 0 unspecified atom stereocenters. The maximum Gasteiger partial charge on any atom is 0.422 e. The summed E-state index contributed by atoms with van der Waals surface area (Å²) in [6.07, 6.45) is -4.44. The molecule has 0 amide bonds. The van der Waals surface area contributed by atoms with Gasteiger partial charge in [-0.15, -0.1) is 11.8 Å². The summed E-state index contributed by atoms with van der Waals surface area (Å²) < 4.78 is 38.9. The lowest BCUT2D eigenvalue weighted by Gasteiger charge is -2.11. The third-order valence-corrected chi connectivity index (χ3v) is 2.71. The van der Waals surface area contributed by atoms with E-state index in [-0.39, 0.29) is 0 Å². The van der Waals surface area contributed by atoms with Crippen LogP contribution in [0.1, 0.15) is 6.92 Å². The summed E-state index contributed by atoms with van der Waals surface area (Å²) >= 11 is 1.45. The van der Waals surface area contributed by atoms with Crippen molar-refractivity contribution in [2.45, 2.75) is 25.2 Å². The molecule has 0 aliphatic carbocycles. The molecule has 19 heavy (non-hydrogen) atoms. The zero-order chi connectivity index (χ0) is 15.1. The molecule has 6 nitrogen and oxygen atoms in total. The Kier molecular flexibility index (Phi) is 7.79. The average molecular weight is 304 g/mol. The predicted molar refractivity (Wildman–Crippen MR) is 62.5 cm³/mol. The maximum absolute atomic E-state index is 11.6. The first-order valence-electron chi connectivity index (χ1n) is 5.16. The van der Waals surface area contributed by atoms with Gasteiger partial charge in [0, 0.05) is 11.6 Å². The zero-order valence-electron chi connectivity index (χ0n) is 10.1. The highest BCUT2D eigenvalue weighted by atomic mass is 32.2. The lowest BCUT2D eigenvalue weighted by atomic mass is 10.3. The van der Waals surface area contributed by atoms with Gasteiger partial charge in [-0.05, 0) is 6.92 Å². The van der Waals surface area contributed by atoms with E-state index in [1.165, 1.54) is 18.7 Å². The minimum Gasteiger partial charge on any atom is -0.480 e. The fourth-order valence-corrected chi connectivity index (χ4v) is 1.73. The number of aliphatic carboxylic acids is 1. The number of carboxylic acids is 1. The van der Waals surface area contributed by atoms with Crippen molar-refractivity contribution in [3.63, 3.8) is 0 Å². The molecule has 1 aliphatic heterocycles. The zero-order valence-corrected chi connectivity index (χ0v) is 10.9. The highest BCUT2D eigenvalue weighted by Crippen LogP contribution is 2.16. The molecular formula is C9H15F3N2O4S. The van der Waals surface area contributed by atoms with Crippen LogP contribution < -0.4 is 11.1 Å². The third kappa shape index (κ3) is 9.56. The number of thioether (sulfide) groups is 1. The topological polar surface area (TPSA) is 102 Å². The Balaban J connectivity index is 0.000000459. The Hall–Kier alpha value is -1.00. The number of carboxylic acid groups (broad SMARTS) is 1. The molecule has 0 aromatic rings. The molecular weight excluding hydrogens is 289 g/mol. The van der Waals surface area contributed by atoms with Gasteiger partial charge in [-0.25, -0.2) is 0 Å².